The Kier molecular flexibility index (Phi) is 9.91. The molecule has 0 aliphatic carbocycles. The van der Waals surface area contributed by atoms with Crippen LogP contribution in [-0.2, 0) is 9.59 Å². The van der Waals surface area contributed by atoms with E-state index in [9.17, 15) is 14.7 Å². The average Bonchev–Trinajstić information content (AvgIpc) is 3.15. The Labute approximate surface area is 209 Å². The average molecular weight is 479 g/mol. The van der Waals surface area contributed by atoms with Crippen molar-refractivity contribution in [1.82, 2.24) is 9.80 Å². The lowest BCUT2D eigenvalue weighted by atomic mass is 9.95. The van der Waals surface area contributed by atoms with Crippen molar-refractivity contribution in [1.29, 1.82) is 0 Å². The number of hydrogen-bond donors (Lipinski definition) is 1. The topological polar surface area (TPSA) is 70.1 Å². The number of methoxy groups -OCH3 is 1. The van der Waals surface area contributed by atoms with Gasteiger partial charge in [-0.3, -0.25) is 9.59 Å². The van der Waals surface area contributed by atoms with E-state index in [0.717, 1.165) is 57.3 Å². The van der Waals surface area contributed by atoms with Crippen LogP contribution in [0.3, 0.4) is 0 Å². The Morgan fingerprint density at radius 3 is 2.09 bits per heavy atom. The fourth-order valence-corrected chi connectivity index (χ4v) is 4.56. The molecule has 1 heterocycles. The predicted octanol–water partition coefficient (Wildman–Crippen LogP) is 5.41. The molecule has 0 radical (unpaired) electrons. The van der Waals surface area contributed by atoms with Gasteiger partial charge in [0, 0.05) is 12.1 Å². The number of amides is 1. The zero-order chi connectivity index (χ0) is 25.2. The lowest BCUT2D eigenvalue weighted by molar-refractivity contribution is -0.140. The number of ether oxygens (including phenoxy) is 1. The van der Waals surface area contributed by atoms with Crippen molar-refractivity contribution in [2.24, 2.45) is 0 Å². The van der Waals surface area contributed by atoms with Crippen molar-refractivity contribution in [3.63, 3.8) is 0 Å². The van der Waals surface area contributed by atoms with Crippen molar-refractivity contribution in [3.8, 4) is 5.75 Å². The van der Waals surface area contributed by atoms with Crippen LogP contribution in [0.15, 0.2) is 60.2 Å². The molecule has 1 saturated heterocycles. The number of benzene rings is 2. The molecular formula is C29H38N2O4. The van der Waals surface area contributed by atoms with Gasteiger partial charge in [0.25, 0.3) is 11.7 Å². The van der Waals surface area contributed by atoms with Crippen LogP contribution >= 0.6 is 0 Å². The summed E-state index contributed by atoms with van der Waals surface area (Å²) in [4.78, 5) is 30.4. The highest BCUT2D eigenvalue weighted by Crippen LogP contribution is 2.39. The predicted molar refractivity (Wildman–Crippen MR) is 139 cm³/mol. The minimum atomic E-state index is -0.638. The number of Topliss-reactive ketones (excluding diaryl/α,β-unsaturated/α-hetero) is 1. The number of nitrogens with zero attached hydrogens (tertiary/aromatic N) is 2. The molecule has 6 nitrogen and oxygen atoms in total. The van der Waals surface area contributed by atoms with E-state index in [1.165, 1.54) is 0 Å². The second kappa shape index (κ2) is 13.1. The molecule has 6 heteroatoms. The van der Waals surface area contributed by atoms with Gasteiger partial charge in [-0.1, -0.05) is 57.0 Å². The molecule has 0 saturated carbocycles. The highest BCUT2D eigenvalue weighted by atomic mass is 16.5. The first-order valence-electron chi connectivity index (χ1n) is 12.7. The van der Waals surface area contributed by atoms with Gasteiger partial charge in [-0.05, 0) is 68.7 Å². The summed E-state index contributed by atoms with van der Waals surface area (Å²) in [5.74, 6) is -0.698. The number of carbonyl (C=O) groups is 2. The zero-order valence-corrected chi connectivity index (χ0v) is 21.2. The number of unbranched alkanes of at least 4 members (excludes halogenated alkanes) is 2. The number of ketones is 1. The molecule has 0 unspecified atom stereocenters. The largest absolute Gasteiger partial charge is 0.507 e. The van der Waals surface area contributed by atoms with Crippen LogP contribution < -0.4 is 4.74 Å². The minimum Gasteiger partial charge on any atom is -0.507 e. The first-order chi connectivity index (χ1) is 17.0. The molecule has 1 aliphatic heterocycles. The molecule has 1 N–H and O–H groups in total. The van der Waals surface area contributed by atoms with E-state index in [2.05, 4.69) is 18.7 Å². The zero-order valence-electron chi connectivity index (χ0n) is 21.2. The summed E-state index contributed by atoms with van der Waals surface area (Å²) in [6.07, 6.45) is 5.37. The fraction of sp³-hybridized carbons (Fsp3) is 0.448. The Morgan fingerprint density at radius 2 is 1.51 bits per heavy atom. The Balaban J connectivity index is 1.88. The number of rotatable bonds is 13. The molecule has 35 heavy (non-hydrogen) atoms. The van der Waals surface area contributed by atoms with Gasteiger partial charge in [-0.25, -0.2) is 0 Å². The SMILES string of the molecule is CCCCN(CCCC)CCCN1C(=O)C(=O)C(=C(O)c2ccc(OC)cc2)[C@H]1c1ccccc1. The van der Waals surface area contributed by atoms with Crippen LogP contribution in [-0.4, -0.2) is 59.9 Å². The van der Waals surface area contributed by atoms with Crippen LogP contribution in [0.5, 0.6) is 5.75 Å². The van der Waals surface area contributed by atoms with E-state index < -0.39 is 17.7 Å². The number of aliphatic hydroxyl groups is 1. The molecule has 0 spiro atoms. The Bertz CT molecular complexity index is 993. The maximum absolute atomic E-state index is 13.2. The molecule has 1 aliphatic rings. The lowest BCUT2D eigenvalue weighted by Gasteiger charge is -2.27. The van der Waals surface area contributed by atoms with Crippen LogP contribution in [0.1, 0.15) is 63.1 Å². The highest BCUT2D eigenvalue weighted by Gasteiger charge is 2.45. The van der Waals surface area contributed by atoms with Crippen molar-refractivity contribution in [2.75, 3.05) is 33.3 Å². The maximum Gasteiger partial charge on any atom is 0.295 e. The lowest BCUT2D eigenvalue weighted by Crippen LogP contribution is -2.34. The van der Waals surface area contributed by atoms with Gasteiger partial charge in [-0.2, -0.15) is 0 Å². The quantitative estimate of drug-likeness (QED) is 0.237. The van der Waals surface area contributed by atoms with E-state index >= 15 is 0 Å². The molecule has 1 amide bonds. The second-order valence-electron chi connectivity index (χ2n) is 9.03. The first-order valence-corrected chi connectivity index (χ1v) is 12.7. The summed E-state index contributed by atoms with van der Waals surface area (Å²) in [5, 5.41) is 11.2. The molecule has 2 aromatic rings. The molecule has 1 atom stereocenters. The van der Waals surface area contributed by atoms with E-state index in [1.807, 2.05) is 30.3 Å². The van der Waals surface area contributed by atoms with Gasteiger partial charge in [0.05, 0.1) is 18.7 Å². The maximum atomic E-state index is 13.2. The first kappa shape index (κ1) is 26.5. The molecule has 3 rings (SSSR count). The van der Waals surface area contributed by atoms with Gasteiger partial charge in [0.15, 0.2) is 0 Å². The van der Waals surface area contributed by atoms with E-state index in [1.54, 1.807) is 36.3 Å². The fourth-order valence-electron chi connectivity index (χ4n) is 4.56. The standard InChI is InChI=1S/C29H38N2O4/c1-4-6-18-30(19-7-5-2)20-11-21-31-26(22-12-9-8-10-13-22)25(28(33)29(31)34)27(32)23-14-16-24(35-3)17-15-23/h8-10,12-17,26,32H,4-7,11,18-21H2,1-3H3/t26-/m1/s1. The molecule has 188 valence electrons. The van der Waals surface area contributed by atoms with Crippen molar-refractivity contribution in [2.45, 2.75) is 52.0 Å². The highest BCUT2D eigenvalue weighted by molar-refractivity contribution is 6.46. The third-order valence-corrected chi connectivity index (χ3v) is 6.55. The van der Waals surface area contributed by atoms with E-state index in [-0.39, 0.29) is 11.3 Å². The molecule has 2 aromatic carbocycles. The van der Waals surface area contributed by atoms with E-state index in [4.69, 9.17) is 4.74 Å². The third kappa shape index (κ3) is 6.51. The summed E-state index contributed by atoms with van der Waals surface area (Å²) in [5.41, 5.74) is 1.44. The molecular weight excluding hydrogens is 440 g/mol. The van der Waals surface area contributed by atoms with Crippen molar-refractivity contribution in [3.05, 3.63) is 71.3 Å². The number of aliphatic hydroxyl groups excluding tert-OH is 1. The van der Waals surface area contributed by atoms with Crippen LogP contribution in [0.25, 0.3) is 5.76 Å². The van der Waals surface area contributed by atoms with Gasteiger partial charge < -0.3 is 19.6 Å². The molecule has 0 bridgehead atoms. The number of hydrogen-bond acceptors (Lipinski definition) is 5. The monoisotopic (exact) mass is 478 g/mol. The minimum absolute atomic E-state index is 0.139. The van der Waals surface area contributed by atoms with Crippen molar-refractivity contribution < 1.29 is 19.4 Å². The summed E-state index contributed by atoms with van der Waals surface area (Å²) in [6.45, 7) is 7.82. The van der Waals surface area contributed by atoms with Gasteiger partial charge in [-0.15, -0.1) is 0 Å². The number of carbonyl (C=O) groups excluding carboxylic acids is 2. The summed E-state index contributed by atoms with van der Waals surface area (Å²) < 4.78 is 5.20. The van der Waals surface area contributed by atoms with Gasteiger partial charge in [0.2, 0.25) is 0 Å². The molecule has 0 aromatic heterocycles. The van der Waals surface area contributed by atoms with E-state index in [0.29, 0.717) is 17.9 Å². The Morgan fingerprint density at radius 1 is 0.914 bits per heavy atom. The van der Waals surface area contributed by atoms with Crippen molar-refractivity contribution >= 4 is 17.4 Å². The third-order valence-electron chi connectivity index (χ3n) is 6.55. The van der Waals surface area contributed by atoms with Gasteiger partial charge in [0.1, 0.15) is 11.5 Å². The normalized spacial score (nSPS) is 17.4. The van der Waals surface area contributed by atoms with Crippen LogP contribution in [0.2, 0.25) is 0 Å². The summed E-state index contributed by atoms with van der Waals surface area (Å²) in [7, 11) is 1.57. The Hall–Kier alpha value is -3.12. The van der Waals surface area contributed by atoms with Crippen LogP contribution in [0, 0.1) is 0 Å². The van der Waals surface area contributed by atoms with Gasteiger partial charge >= 0.3 is 0 Å². The summed E-state index contributed by atoms with van der Waals surface area (Å²) in [6, 6.07) is 15.7. The number of likely N-dealkylation sites (tertiary alicyclic amines) is 1. The summed E-state index contributed by atoms with van der Waals surface area (Å²) >= 11 is 0. The second-order valence-corrected chi connectivity index (χ2v) is 9.03. The smallest absolute Gasteiger partial charge is 0.295 e. The molecule has 1 fully saturated rings. The van der Waals surface area contributed by atoms with Crippen LogP contribution in [0.4, 0.5) is 0 Å².